The molecule has 3 aliphatic heterocycles. The van der Waals surface area contributed by atoms with Gasteiger partial charge in [0, 0.05) is 12.8 Å². The van der Waals surface area contributed by atoms with E-state index in [2.05, 4.69) is 0 Å². The minimum atomic E-state index is -0.323. The van der Waals surface area contributed by atoms with Crippen molar-refractivity contribution in [3.63, 3.8) is 0 Å². The minimum absolute atomic E-state index is 0.0208. The van der Waals surface area contributed by atoms with Gasteiger partial charge in [0.05, 0.1) is 25.6 Å². The van der Waals surface area contributed by atoms with Crippen LogP contribution in [0.15, 0.2) is 30.3 Å². The van der Waals surface area contributed by atoms with Crippen molar-refractivity contribution in [1.29, 1.82) is 0 Å². The molecule has 0 aliphatic carbocycles. The Balaban J connectivity index is 1.49. The molecular formula is C22H23FNO4+. The zero-order valence-electron chi connectivity index (χ0n) is 15.9. The highest BCUT2D eigenvalue weighted by atomic mass is 19.1. The van der Waals surface area contributed by atoms with Gasteiger partial charge in [0.2, 0.25) is 12.5 Å². The normalized spacial score (nSPS) is 20.7. The van der Waals surface area contributed by atoms with E-state index in [0.29, 0.717) is 29.2 Å². The zero-order chi connectivity index (χ0) is 19.3. The first kappa shape index (κ1) is 17.5. The molecule has 5 rings (SSSR count). The number of ether oxygens (including phenoxy) is 3. The van der Waals surface area contributed by atoms with Crippen LogP contribution in [0.3, 0.4) is 0 Å². The molecule has 1 saturated heterocycles. The van der Waals surface area contributed by atoms with Crippen molar-refractivity contribution >= 4 is 5.78 Å². The van der Waals surface area contributed by atoms with Crippen LogP contribution in [-0.2, 0) is 17.6 Å². The van der Waals surface area contributed by atoms with Crippen LogP contribution in [0.4, 0.5) is 4.39 Å². The molecule has 1 spiro atoms. The van der Waals surface area contributed by atoms with Gasteiger partial charge in [-0.05, 0) is 23.3 Å². The predicted molar refractivity (Wildman–Crippen MR) is 100 cm³/mol. The summed E-state index contributed by atoms with van der Waals surface area (Å²) in [7, 11) is 1.64. The average molecular weight is 384 g/mol. The summed E-state index contributed by atoms with van der Waals surface area (Å²) in [6, 6.07) is 8.55. The van der Waals surface area contributed by atoms with Crippen molar-refractivity contribution in [2.24, 2.45) is 0 Å². The van der Waals surface area contributed by atoms with Crippen LogP contribution in [0.5, 0.6) is 17.2 Å². The number of Topliss-reactive ketones (excluding diaryl/α,β-unsaturated/α-hetero) is 1. The number of nitrogens with zero attached hydrogens (tertiary/aromatic N) is 1. The van der Waals surface area contributed by atoms with Crippen LogP contribution in [0.2, 0.25) is 0 Å². The number of hydrogen-bond acceptors (Lipinski definition) is 4. The number of carbonyl (C=O) groups is 1. The van der Waals surface area contributed by atoms with Gasteiger partial charge >= 0.3 is 0 Å². The molecule has 0 radical (unpaired) electrons. The lowest BCUT2D eigenvalue weighted by molar-refractivity contribution is -0.835. The van der Waals surface area contributed by atoms with E-state index < -0.39 is 0 Å². The molecule has 3 aliphatic rings. The van der Waals surface area contributed by atoms with Crippen molar-refractivity contribution in [2.75, 3.05) is 33.5 Å². The number of ketones is 1. The Bertz CT molecular complexity index is 954. The number of quaternary nitrogens is 1. The van der Waals surface area contributed by atoms with Gasteiger partial charge in [0.1, 0.15) is 30.7 Å². The first-order valence-electron chi connectivity index (χ1n) is 9.71. The Morgan fingerprint density at radius 2 is 2.07 bits per heavy atom. The van der Waals surface area contributed by atoms with Crippen molar-refractivity contribution in [2.45, 2.75) is 25.3 Å². The summed E-state index contributed by atoms with van der Waals surface area (Å²) >= 11 is 0. The lowest BCUT2D eigenvalue weighted by Crippen LogP contribution is -2.39. The fourth-order valence-corrected chi connectivity index (χ4v) is 4.73. The van der Waals surface area contributed by atoms with E-state index >= 15 is 0 Å². The monoisotopic (exact) mass is 384 g/mol. The molecular weight excluding hydrogens is 361 g/mol. The summed E-state index contributed by atoms with van der Waals surface area (Å²) in [6.07, 6.45) is 1.42. The van der Waals surface area contributed by atoms with Gasteiger partial charge in [-0.1, -0.05) is 18.2 Å². The highest BCUT2D eigenvalue weighted by molar-refractivity contribution is 5.82. The molecule has 1 fully saturated rings. The van der Waals surface area contributed by atoms with E-state index in [0.717, 1.165) is 36.1 Å². The molecule has 1 unspecified atom stereocenters. The number of carbonyl (C=O) groups excluding carboxylic acids is 1. The molecule has 0 saturated carbocycles. The Kier molecular flexibility index (Phi) is 4.05. The summed E-state index contributed by atoms with van der Waals surface area (Å²) in [5.74, 6) is 1.77. The second-order valence-electron chi connectivity index (χ2n) is 7.88. The number of hydrogen-bond donors (Lipinski definition) is 0. The van der Waals surface area contributed by atoms with E-state index in [1.54, 1.807) is 25.3 Å². The van der Waals surface area contributed by atoms with Crippen molar-refractivity contribution in [3.8, 4) is 17.2 Å². The van der Waals surface area contributed by atoms with Gasteiger partial charge in [-0.2, -0.15) is 0 Å². The zero-order valence-corrected chi connectivity index (χ0v) is 15.9. The van der Waals surface area contributed by atoms with Crippen molar-refractivity contribution < 1.29 is 27.9 Å². The number of benzene rings is 2. The van der Waals surface area contributed by atoms with Crippen LogP contribution in [0.25, 0.3) is 0 Å². The molecule has 3 heterocycles. The third kappa shape index (κ3) is 2.75. The van der Waals surface area contributed by atoms with Crippen molar-refractivity contribution in [3.05, 3.63) is 52.8 Å². The average Bonchev–Trinajstić information content (AvgIpc) is 3.31. The summed E-state index contributed by atoms with van der Waals surface area (Å²) in [5.41, 5.74) is 2.69. The van der Waals surface area contributed by atoms with E-state index in [-0.39, 0.29) is 30.9 Å². The predicted octanol–water partition coefficient (Wildman–Crippen LogP) is 3.19. The van der Waals surface area contributed by atoms with Gasteiger partial charge in [0.25, 0.3) is 0 Å². The Morgan fingerprint density at radius 1 is 1.25 bits per heavy atom. The SMILES string of the molecule is COc1c2c(cc3c1C(CC(=O)Cc1ccccc1F)[N+]1(CC3)CC1)OCO2. The maximum Gasteiger partial charge on any atom is 0.231 e. The topological polar surface area (TPSA) is 44.8 Å². The van der Waals surface area contributed by atoms with Crippen LogP contribution >= 0.6 is 0 Å². The third-order valence-corrected chi connectivity index (χ3v) is 6.33. The first-order valence-corrected chi connectivity index (χ1v) is 9.71. The smallest absolute Gasteiger partial charge is 0.231 e. The van der Waals surface area contributed by atoms with Crippen molar-refractivity contribution in [1.82, 2.24) is 0 Å². The highest BCUT2D eigenvalue weighted by Gasteiger charge is 2.54. The molecule has 5 nitrogen and oxygen atoms in total. The summed E-state index contributed by atoms with van der Waals surface area (Å²) < 4.78 is 31.9. The minimum Gasteiger partial charge on any atom is -0.492 e. The van der Waals surface area contributed by atoms with Gasteiger partial charge in [-0.15, -0.1) is 0 Å². The third-order valence-electron chi connectivity index (χ3n) is 6.33. The highest BCUT2D eigenvalue weighted by Crippen LogP contribution is 2.54. The van der Waals surface area contributed by atoms with Crippen LogP contribution < -0.4 is 14.2 Å². The summed E-state index contributed by atoms with van der Waals surface area (Å²) in [5, 5.41) is 0. The first-order chi connectivity index (χ1) is 13.6. The van der Waals surface area contributed by atoms with Gasteiger partial charge in [0.15, 0.2) is 11.5 Å². The fourth-order valence-electron chi connectivity index (χ4n) is 4.73. The molecule has 28 heavy (non-hydrogen) atoms. The van der Waals surface area contributed by atoms with E-state index in [1.807, 2.05) is 6.07 Å². The number of methoxy groups -OCH3 is 1. The molecule has 0 N–H and O–H groups in total. The summed E-state index contributed by atoms with van der Waals surface area (Å²) in [4.78, 5) is 12.9. The number of rotatable bonds is 5. The standard InChI is InChI=1S/C22H23FNO4/c1-26-22-20-15(11-19-21(22)28-13-27-19)6-7-24(8-9-24)18(20)12-16(25)10-14-4-2-3-5-17(14)23/h2-5,11,18H,6-10,12-13H2,1H3/q+1. The van der Waals surface area contributed by atoms with E-state index in [4.69, 9.17) is 14.2 Å². The largest absolute Gasteiger partial charge is 0.492 e. The van der Waals surface area contributed by atoms with E-state index in [1.165, 1.54) is 11.6 Å². The van der Waals surface area contributed by atoms with E-state index in [9.17, 15) is 9.18 Å². The maximum atomic E-state index is 14.0. The van der Waals surface area contributed by atoms with Crippen LogP contribution in [0, 0.1) is 5.82 Å². The molecule has 1 atom stereocenters. The molecule has 0 amide bonds. The lowest BCUT2D eigenvalue weighted by atomic mass is 9.87. The van der Waals surface area contributed by atoms with Crippen LogP contribution in [0.1, 0.15) is 29.2 Å². The second-order valence-corrected chi connectivity index (χ2v) is 7.88. The molecule has 6 heteroatoms. The number of fused-ring (bicyclic) bond motifs is 2. The lowest BCUT2D eigenvalue weighted by Gasteiger charge is -2.35. The Labute approximate surface area is 163 Å². The Hall–Kier alpha value is -2.60. The molecule has 146 valence electrons. The summed E-state index contributed by atoms with van der Waals surface area (Å²) in [6.45, 7) is 3.32. The van der Waals surface area contributed by atoms with Gasteiger partial charge < -0.3 is 18.7 Å². The fraction of sp³-hybridized carbons (Fsp3) is 0.409. The maximum absolute atomic E-state index is 14.0. The van der Waals surface area contributed by atoms with Gasteiger partial charge in [-0.25, -0.2) is 4.39 Å². The molecule has 0 bridgehead atoms. The Morgan fingerprint density at radius 3 is 2.82 bits per heavy atom. The molecule has 2 aromatic carbocycles. The van der Waals surface area contributed by atoms with Crippen LogP contribution in [-0.4, -0.2) is 43.8 Å². The van der Waals surface area contributed by atoms with Gasteiger partial charge in [-0.3, -0.25) is 4.79 Å². The molecule has 2 aromatic rings. The quantitative estimate of drug-likeness (QED) is 0.587. The molecule has 0 aromatic heterocycles. The second kappa shape index (κ2) is 6.48. The number of halogens is 1.